The van der Waals surface area contributed by atoms with Crippen LogP contribution in [0, 0.1) is 17.1 Å². The Kier molecular flexibility index (Phi) is 10.4. The number of nitrogens with two attached hydrogens (primary N) is 1. The highest BCUT2D eigenvalue weighted by Crippen LogP contribution is 2.35. The van der Waals surface area contributed by atoms with Crippen molar-refractivity contribution in [2.75, 3.05) is 18.0 Å². The van der Waals surface area contributed by atoms with Crippen LogP contribution in [-0.4, -0.2) is 52.7 Å². The highest BCUT2D eigenvalue weighted by Gasteiger charge is 2.37. The summed E-state index contributed by atoms with van der Waals surface area (Å²) >= 11 is 1.81. The second-order valence-electron chi connectivity index (χ2n) is 12.8. The summed E-state index contributed by atoms with van der Waals surface area (Å²) in [4.78, 5) is 42.5. The molecule has 47 heavy (non-hydrogen) atoms. The first-order valence-corrected chi connectivity index (χ1v) is 16.6. The van der Waals surface area contributed by atoms with Gasteiger partial charge < -0.3 is 25.0 Å². The number of halogens is 1. The quantitative estimate of drug-likeness (QED) is 0.250. The van der Waals surface area contributed by atoms with E-state index in [9.17, 15) is 18.8 Å². The van der Waals surface area contributed by atoms with Crippen LogP contribution in [-0.2, 0) is 27.5 Å². The Hall–Kier alpha value is -4.56. The molecule has 5 rings (SSSR count). The van der Waals surface area contributed by atoms with Crippen molar-refractivity contribution < 1.29 is 28.2 Å². The Morgan fingerprint density at radius 2 is 1.83 bits per heavy atom. The van der Waals surface area contributed by atoms with E-state index in [-0.39, 0.29) is 31.1 Å². The van der Waals surface area contributed by atoms with E-state index >= 15 is 0 Å². The Bertz CT molecular complexity index is 1680. The van der Waals surface area contributed by atoms with Gasteiger partial charge >= 0.3 is 5.97 Å². The summed E-state index contributed by atoms with van der Waals surface area (Å²) in [5.41, 5.74) is 7.98. The van der Waals surface area contributed by atoms with Gasteiger partial charge in [0.2, 0.25) is 5.91 Å². The monoisotopic (exact) mass is 658 g/mol. The van der Waals surface area contributed by atoms with Crippen LogP contribution in [0.25, 0.3) is 0 Å². The first-order chi connectivity index (χ1) is 22.4. The molecule has 0 spiro atoms. The molecule has 11 heteroatoms. The predicted molar refractivity (Wildman–Crippen MR) is 177 cm³/mol. The van der Waals surface area contributed by atoms with Crippen molar-refractivity contribution in [2.24, 2.45) is 5.73 Å². The molecule has 3 aromatic rings. The van der Waals surface area contributed by atoms with Gasteiger partial charge in [-0.2, -0.15) is 5.26 Å². The Morgan fingerprint density at radius 1 is 1.11 bits per heavy atom. The molecule has 0 aromatic heterocycles. The summed E-state index contributed by atoms with van der Waals surface area (Å²) in [6, 6.07) is 19.1. The molecule has 246 valence electrons. The van der Waals surface area contributed by atoms with Crippen LogP contribution >= 0.6 is 11.8 Å². The van der Waals surface area contributed by atoms with Gasteiger partial charge in [0.1, 0.15) is 29.8 Å². The lowest BCUT2D eigenvalue weighted by molar-refractivity contribution is -0.155. The second kappa shape index (κ2) is 14.5. The molecule has 1 fully saturated rings. The number of nitrogens with zero attached hydrogens (tertiary/aromatic N) is 3. The number of rotatable bonds is 11. The number of carbonyl (C=O) groups excluding carboxylic acids is 3. The highest BCUT2D eigenvalue weighted by molar-refractivity contribution is 8.00. The summed E-state index contributed by atoms with van der Waals surface area (Å²) in [5, 5.41) is 9.41. The Labute approximate surface area is 278 Å². The maximum atomic E-state index is 14.5. The molecule has 1 atom stereocenters. The summed E-state index contributed by atoms with van der Waals surface area (Å²) in [5.74, 6) is -1.27. The van der Waals surface area contributed by atoms with Crippen LogP contribution in [0.1, 0.15) is 73.5 Å². The number of ether oxygens (including phenoxy) is 2. The maximum Gasteiger partial charge on any atom is 0.306 e. The average Bonchev–Trinajstić information content (AvgIpc) is 3.36. The molecule has 1 saturated heterocycles. The normalized spacial score (nSPS) is 15.6. The minimum atomic E-state index is -0.954. The van der Waals surface area contributed by atoms with Crippen molar-refractivity contribution in [3.8, 4) is 11.8 Å². The second-order valence-corrected chi connectivity index (χ2v) is 14.1. The van der Waals surface area contributed by atoms with Gasteiger partial charge in [-0.3, -0.25) is 14.4 Å². The van der Waals surface area contributed by atoms with Crippen LogP contribution in [0.3, 0.4) is 0 Å². The van der Waals surface area contributed by atoms with E-state index in [1.165, 1.54) is 11.0 Å². The number of primary amides is 1. The summed E-state index contributed by atoms with van der Waals surface area (Å²) < 4.78 is 26.0. The summed E-state index contributed by atoms with van der Waals surface area (Å²) in [6.07, 6.45) is 1.86. The van der Waals surface area contributed by atoms with E-state index in [1.54, 1.807) is 51.1 Å². The molecular formula is C36H39FN4O5S. The van der Waals surface area contributed by atoms with Crippen LogP contribution < -0.4 is 15.4 Å². The molecule has 9 nitrogen and oxygen atoms in total. The van der Waals surface area contributed by atoms with Crippen molar-refractivity contribution in [3.63, 3.8) is 0 Å². The topological polar surface area (TPSA) is 126 Å². The maximum absolute atomic E-state index is 14.5. The molecule has 2 amide bonds. The van der Waals surface area contributed by atoms with Crippen molar-refractivity contribution in [1.29, 1.82) is 5.26 Å². The SMILES string of the molecule is CC(C)(C)OC(=O)CCC(C(N)=O)N1Cc2c(OCc3ccc(SC4CCN(c5ccc(C#N)cc5F)CC4)cc3)cccc2C1=O. The minimum Gasteiger partial charge on any atom is -0.489 e. The van der Waals surface area contributed by atoms with E-state index in [1.807, 2.05) is 34.9 Å². The number of piperidine rings is 1. The number of nitriles is 1. The number of hydrogen-bond acceptors (Lipinski definition) is 8. The van der Waals surface area contributed by atoms with Gasteiger partial charge in [0, 0.05) is 40.8 Å². The number of fused-ring (bicyclic) bond motifs is 1. The lowest BCUT2D eigenvalue weighted by Crippen LogP contribution is -2.45. The van der Waals surface area contributed by atoms with Gasteiger partial charge in [-0.25, -0.2) is 4.39 Å². The van der Waals surface area contributed by atoms with E-state index in [0.29, 0.717) is 40.0 Å². The third-order valence-corrected chi connectivity index (χ3v) is 9.53. The number of anilines is 1. The number of carbonyl (C=O) groups is 3. The number of amides is 2. The highest BCUT2D eigenvalue weighted by atomic mass is 32.2. The molecule has 2 aliphatic heterocycles. The third-order valence-electron chi connectivity index (χ3n) is 8.18. The fourth-order valence-electron chi connectivity index (χ4n) is 5.88. The van der Waals surface area contributed by atoms with Gasteiger partial charge in [-0.1, -0.05) is 18.2 Å². The molecule has 0 saturated carbocycles. The first-order valence-electron chi connectivity index (χ1n) is 15.7. The zero-order chi connectivity index (χ0) is 33.7. The van der Waals surface area contributed by atoms with Crippen LogP contribution in [0.5, 0.6) is 5.75 Å². The smallest absolute Gasteiger partial charge is 0.306 e. The Balaban J connectivity index is 1.14. The van der Waals surface area contributed by atoms with Crippen molar-refractivity contribution in [3.05, 3.63) is 88.7 Å². The molecular weight excluding hydrogens is 619 g/mol. The number of esters is 1. The van der Waals surface area contributed by atoms with Crippen molar-refractivity contribution in [2.45, 2.75) is 81.4 Å². The Morgan fingerprint density at radius 3 is 2.47 bits per heavy atom. The van der Waals surface area contributed by atoms with E-state index < -0.39 is 23.5 Å². The fourth-order valence-corrected chi connectivity index (χ4v) is 7.00. The first kappa shape index (κ1) is 33.8. The van der Waals surface area contributed by atoms with Crippen molar-refractivity contribution in [1.82, 2.24) is 4.90 Å². The van der Waals surface area contributed by atoms with Gasteiger partial charge in [0.05, 0.1) is 23.9 Å². The molecule has 2 heterocycles. The van der Waals surface area contributed by atoms with Gasteiger partial charge in [0.25, 0.3) is 5.91 Å². The fraction of sp³-hybridized carbons (Fsp3) is 0.389. The molecule has 0 aliphatic carbocycles. The molecule has 2 N–H and O–H groups in total. The standard InChI is InChI=1S/C36H39FN4O5S/c1-36(2,3)46-33(42)14-13-31(34(39)43)41-21-28-27(35(41)44)5-4-6-32(28)45-22-23-7-10-25(11-8-23)47-26-15-17-40(18-16-26)30-12-9-24(20-38)19-29(30)37/h4-12,19,26,31H,13-18,21-22H2,1-3H3,(H2,39,43). The predicted octanol–water partition coefficient (Wildman–Crippen LogP) is 5.97. The molecule has 2 aliphatic rings. The van der Waals surface area contributed by atoms with E-state index in [4.69, 9.17) is 20.5 Å². The molecule has 3 aromatic carbocycles. The largest absolute Gasteiger partial charge is 0.489 e. The molecule has 1 unspecified atom stereocenters. The van der Waals surface area contributed by atoms with Crippen LogP contribution in [0.2, 0.25) is 0 Å². The third kappa shape index (κ3) is 8.43. The number of hydrogen-bond donors (Lipinski definition) is 1. The van der Waals surface area contributed by atoms with E-state index in [2.05, 4.69) is 12.1 Å². The summed E-state index contributed by atoms with van der Waals surface area (Å²) in [6.45, 7) is 7.24. The van der Waals surface area contributed by atoms with Crippen LogP contribution in [0.4, 0.5) is 10.1 Å². The minimum absolute atomic E-state index is 0.0413. The number of benzene rings is 3. The zero-order valence-electron chi connectivity index (χ0n) is 26.8. The van der Waals surface area contributed by atoms with E-state index in [0.717, 1.165) is 36.4 Å². The lowest BCUT2D eigenvalue weighted by Gasteiger charge is -2.33. The van der Waals surface area contributed by atoms with Crippen LogP contribution in [0.15, 0.2) is 65.6 Å². The zero-order valence-corrected chi connectivity index (χ0v) is 27.6. The molecule has 0 radical (unpaired) electrons. The number of thioether (sulfide) groups is 1. The average molecular weight is 659 g/mol. The van der Waals surface area contributed by atoms with Gasteiger partial charge in [0.15, 0.2) is 0 Å². The summed E-state index contributed by atoms with van der Waals surface area (Å²) in [7, 11) is 0. The van der Waals surface area contributed by atoms with Gasteiger partial charge in [-0.15, -0.1) is 11.8 Å². The van der Waals surface area contributed by atoms with Gasteiger partial charge in [-0.05, 0) is 88.1 Å². The molecule has 0 bridgehead atoms. The van der Waals surface area contributed by atoms with Crippen molar-refractivity contribution >= 4 is 35.2 Å². The lowest BCUT2D eigenvalue weighted by atomic mass is 10.1.